The number of hydrogen-bond donors (Lipinski definition) is 2. The zero-order valence-electron chi connectivity index (χ0n) is 14.4. The average molecular weight is 348 g/mol. The molecule has 1 heterocycles. The zero-order valence-corrected chi connectivity index (χ0v) is 15.2. The van der Waals surface area contributed by atoms with Crippen LogP contribution in [0.4, 0.5) is 5.69 Å². The van der Waals surface area contributed by atoms with Gasteiger partial charge in [0, 0.05) is 22.7 Å². The molecule has 24 heavy (non-hydrogen) atoms. The Morgan fingerprint density at radius 3 is 2.75 bits per heavy atom. The number of nitrogens with zero attached hydrogens (tertiary/aromatic N) is 1. The fourth-order valence-corrected chi connectivity index (χ4v) is 4.06. The fraction of sp³-hybridized carbons (Fsp3) is 0.556. The first kappa shape index (κ1) is 17.3. The lowest BCUT2D eigenvalue weighted by Crippen LogP contribution is -3.11. The van der Waals surface area contributed by atoms with E-state index >= 15 is 0 Å². The Hall–Kier alpha value is -1.53. The highest BCUT2D eigenvalue weighted by atomic mass is 32.2. The molecule has 2 aliphatic rings. The fourth-order valence-electron chi connectivity index (χ4n) is 2.94. The van der Waals surface area contributed by atoms with Crippen LogP contribution in [-0.2, 0) is 9.59 Å². The summed E-state index contributed by atoms with van der Waals surface area (Å²) in [6, 6.07) is 8.48. The van der Waals surface area contributed by atoms with Crippen molar-refractivity contribution in [1.82, 2.24) is 5.32 Å². The maximum Gasteiger partial charge on any atom is 0.282 e. The number of para-hydroxylation sites is 1. The monoisotopic (exact) mass is 348 g/mol. The quantitative estimate of drug-likeness (QED) is 0.824. The van der Waals surface area contributed by atoms with E-state index in [1.54, 1.807) is 0 Å². The first-order valence-corrected chi connectivity index (χ1v) is 9.57. The van der Waals surface area contributed by atoms with Crippen LogP contribution in [0.5, 0.6) is 0 Å². The van der Waals surface area contributed by atoms with Gasteiger partial charge in [-0.05, 0) is 31.4 Å². The lowest BCUT2D eigenvalue weighted by atomic mass is 10.2. The summed E-state index contributed by atoms with van der Waals surface area (Å²) in [6.45, 7) is 3.63. The molecule has 2 N–H and O–H groups in total. The molecule has 1 unspecified atom stereocenters. The molecule has 1 aliphatic heterocycles. The van der Waals surface area contributed by atoms with Crippen molar-refractivity contribution in [3.63, 3.8) is 0 Å². The minimum absolute atomic E-state index is 0.0447. The SMILES string of the molecule is C[C@@H]1CCN(C(=O)C[NH+](C)CC(=O)NC2CC2)c2ccccc2S1. The first-order valence-electron chi connectivity index (χ1n) is 8.69. The van der Waals surface area contributed by atoms with Crippen LogP contribution in [0, 0.1) is 0 Å². The molecule has 1 saturated carbocycles. The van der Waals surface area contributed by atoms with Crippen molar-refractivity contribution in [3.8, 4) is 0 Å². The molecular weight excluding hydrogens is 322 g/mol. The van der Waals surface area contributed by atoms with Crippen LogP contribution in [-0.4, -0.2) is 49.8 Å². The number of nitrogens with one attached hydrogen (secondary N) is 2. The molecule has 0 spiro atoms. The van der Waals surface area contributed by atoms with E-state index < -0.39 is 0 Å². The van der Waals surface area contributed by atoms with Crippen LogP contribution in [0.3, 0.4) is 0 Å². The van der Waals surface area contributed by atoms with Gasteiger partial charge in [-0.1, -0.05) is 19.1 Å². The second kappa shape index (κ2) is 7.57. The van der Waals surface area contributed by atoms with Crippen LogP contribution < -0.4 is 15.1 Å². The van der Waals surface area contributed by atoms with E-state index in [2.05, 4.69) is 18.3 Å². The van der Waals surface area contributed by atoms with E-state index in [4.69, 9.17) is 0 Å². The van der Waals surface area contributed by atoms with E-state index in [-0.39, 0.29) is 11.8 Å². The molecule has 5 nitrogen and oxygen atoms in total. The summed E-state index contributed by atoms with van der Waals surface area (Å²) in [7, 11) is 1.91. The number of carbonyl (C=O) groups is 2. The van der Waals surface area contributed by atoms with Crippen LogP contribution >= 0.6 is 11.8 Å². The van der Waals surface area contributed by atoms with Gasteiger partial charge in [-0.25, -0.2) is 0 Å². The minimum Gasteiger partial charge on any atom is -0.348 e. The molecule has 0 radical (unpaired) electrons. The predicted molar refractivity (Wildman–Crippen MR) is 96.5 cm³/mol. The smallest absolute Gasteiger partial charge is 0.282 e. The molecule has 1 aliphatic carbocycles. The molecule has 1 aromatic rings. The molecule has 2 atom stereocenters. The number of thioether (sulfide) groups is 1. The highest BCUT2D eigenvalue weighted by molar-refractivity contribution is 8.00. The number of benzene rings is 1. The van der Waals surface area contributed by atoms with Crippen molar-refractivity contribution >= 4 is 29.3 Å². The molecule has 0 saturated heterocycles. The first-order chi connectivity index (χ1) is 11.5. The van der Waals surface area contributed by atoms with E-state index in [0.717, 1.165) is 36.4 Å². The Balaban J connectivity index is 1.62. The maximum atomic E-state index is 12.8. The number of rotatable bonds is 5. The molecular formula is C18H26N3O2S+. The van der Waals surface area contributed by atoms with Crippen LogP contribution in [0.2, 0.25) is 0 Å². The number of likely N-dealkylation sites (N-methyl/N-ethyl adjacent to an activating group) is 1. The summed E-state index contributed by atoms with van der Waals surface area (Å²) >= 11 is 1.83. The summed E-state index contributed by atoms with van der Waals surface area (Å²) in [6.07, 6.45) is 3.15. The molecule has 0 bridgehead atoms. The molecule has 0 aromatic heterocycles. The third-order valence-electron chi connectivity index (χ3n) is 4.40. The van der Waals surface area contributed by atoms with Gasteiger partial charge in [0.2, 0.25) is 0 Å². The Kier molecular flexibility index (Phi) is 5.46. The molecule has 6 heteroatoms. The van der Waals surface area contributed by atoms with E-state index in [1.165, 1.54) is 4.90 Å². The minimum atomic E-state index is 0.0447. The third kappa shape index (κ3) is 4.51. The molecule has 1 aromatic carbocycles. The summed E-state index contributed by atoms with van der Waals surface area (Å²) < 4.78 is 0. The van der Waals surface area contributed by atoms with E-state index in [1.807, 2.05) is 41.9 Å². The van der Waals surface area contributed by atoms with Crippen molar-refractivity contribution in [2.45, 2.75) is 42.4 Å². The average Bonchev–Trinajstić information content (AvgIpc) is 3.33. The number of fused-ring (bicyclic) bond motifs is 1. The topological polar surface area (TPSA) is 53.9 Å². The maximum absolute atomic E-state index is 12.8. The number of carbonyl (C=O) groups excluding carboxylic acids is 2. The van der Waals surface area contributed by atoms with Gasteiger partial charge in [-0.15, -0.1) is 11.8 Å². The predicted octanol–water partition coefficient (Wildman–Crippen LogP) is 0.697. The standard InChI is InChI=1S/C18H25N3O2S/c1-13-9-10-21(15-5-3-4-6-16(15)24-13)18(23)12-20(2)11-17(22)19-14-7-8-14/h3-6,13-14H,7-12H2,1-2H3,(H,19,22)/p+1/t13-/m1/s1. The molecule has 2 amide bonds. The summed E-state index contributed by atoms with van der Waals surface area (Å²) in [5.74, 6) is 0.136. The van der Waals surface area contributed by atoms with Gasteiger partial charge >= 0.3 is 0 Å². The highest BCUT2D eigenvalue weighted by Gasteiger charge is 2.28. The van der Waals surface area contributed by atoms with Gasteiger partial charge in [-0.2, -0.15) is 0 Å². The van der Waals surface area contributed by atoms with Gasteiger partial charge in [0.05, 0.1) is 12.7 Å². The van der Waals surface area contributed by atoms with Crippen molar-refractivity contribution in [2.24, 2.45) is 0 Å². The summed E-state index contributed by atoms with van der Waals surface area (Å²) in [5, 5.41) is 3.48. The highest BCUT2D eigenvalue weighted by Crippen LogP contribution is 2.37. The Morgan fingerprint density at radius 1 is 1.25 bits per heavy atom. The van der Waals surface area contributed by atoms with Crippen LogP contribution in [0.1, 0.15) is 26.2 Å². The third-order valence-corrected chi connectivity index (χ3v) is 5.64. The molecule has 130 valence electrons. The van der Waals surface area contributed by atoms with Gasteiger partial charge in [0.25, 0.3) is 11.8 Å². The summed E-state index contributed by atoms with van der Waals surface area (Å²) in [4.78, 5) is 28.7. The van der Waals surface area contributed by atoms with Gasteiger partial charge < -0.3 is 15.1 Å². The van der Waals surface area contributed by atoms with Crippen molar-refractivity contribution in [3.05, 3.63) is 24.3 Å². The number of hydrogen-bond acceptors (Lipinski definition) is 3. The lowest BCUT2D eigenvalue weighted by Gasteiger charge is -2.24. The van der Waals surface area contributed by atoms with Crippen molar-refractivity contribution < 1.29 is 14.5 Å². The van der Waals surface area contributed by atoms with Gasteiger partial charge in [-0.3, -0.25) is 9.59 Å². The van der Waals surface area contributed by atoms with Crippen LogP contribution in [0.25, 0.3) is 0 Å². The Bertz CT molecular complexity index is 618. The summed E-state index contributed by atoms with van der Waals surface area (Å²) in [5.41, 5.74) is 1.01. The Labute approximate surface area is 147 Å². The number of quaternary nitrogens is 1. The second-order valence-corrected chi connectivity index (χ2v) is 8.36. The van der Waals surface area contributed by atoms with E-state index in [9.17, 15) is 9.59 Å². The normalized spacial score (nSPS) is 21.6. The van der Waals surface area contributed by atoms with E-state index in [0.29, 0.717) is 24.4 Å². The van der Waals surface area contributed by atoms with Crippen molar-refractivity contribution in [1.29, 1.82) is 0 Å². The molecule has 1 fully saturated rings. The number of amides is 2. The number of anilines is 1. The van der Waals surface area contributed by atoms with Gasteiger partial charge in [0.15, 0.2) is 13.1 Å². The zero-order chi connectivity index (χ0) is 17.1. The van der Waals surface area contributed by atoms with Gasteiger partial charge in [0.1, 0.15) is 0 Å². The largest absolute Gasteiger partial charge is 0.348 e. The lowest BCUT2D eigenvalue weighted by molar-refractivity contribution is -0.862. The second-order valence-electron chi connectivity index (χ2n) is 6.88. The molecule has 3 rings (SSSR count). The Morgan fingerprint density at radius 2 is 2.00 bits per heavy atom. The van der Waals surface area contributed by atoms with Crippen molar-refractivity contribution in [2.75, 3.05) is 31.6 Å². The van der Waals surface area contributed by atoms with Crippen LogP contribution in [0.15, 0.2) is 29.2 Å².